The number of amidine groups is 1. The van der Waals surface area contributed by atoms with Crippen molar-refractivity contribution in [2.75, 3.05) is 13.1 Å². The van der Waals surface area contributed by atoms with Crippen LogP contribution in [0.15, 0.2) is 5.16 Å². The summed E-state index contributed by atoms with van der Waals surface area (Å²) in [6, 6.07) is 0. The first kappa shape index (κ1) is 17.3. The van der Waals surface area contributed by atoms with E-state index in [2.05, 4.69) is 17.4 Å². The van der Waals surface area contributed by atoms with Crippen LogP contribution in [0.4, 0.5) is 0 Å². The van der Waals surface area contributed by atoms with Gasteiger partial charge in [-0.2, -0.15) is 0 Å². The lowest BCUT2D eigenvalue weighted by Gasteiger charge is -2.33. The van der Waals surface area contributed by atoms with Crippen molar-refractivity contribution in [3.63, 3.8) is 0 Å². The van der Waals surface area contributed by atoms with Gasteiger partial charge in [-0.3, -0.25) is 0 Å². The molecule has 0 spiro atoms. The van der Waals surface area contributed by atoms with E-state index in [0.29, 0.717) is 11.3 Å². The Hall–Kier alpha value is -0.770. The number of nitrogens with zero attached hydrogens (tertiary/aromatic N) is 1. The fourth-order valence-electron chi connectivity index (χ4n) is 3.05. The lowest BCUT2D eigenvalue weighted by molar-refractivity contribution is 0.207. The predicted octanol–water partition coefficient (Wildman–Crippen LogP) is 3.49. The van der Waals surface area contributed by atoms with Gasteiger partial charge in [-0.25, -0.2) is 0 Å². The third-order valence-electron chi connectivity index (χ3n) is 4.82. The quantitative estimate of drug-likeness (QED) is 0.210. The molecule has 0 aromatic heterocycles. The van der Waals surface area contributed by atoms with E-state index >= 15 is 0 Å². The summed E-state index contributed by atoms with van der Waals surface area (Å²) < 4.78 is 0. The zero-order valence-corrected chi connectivity index (χ0v) is 13.5. The van der Waals surface area contributed by atoms with Crippen LogP contribution in [0.3, 0.4) is 0 Å². The number of hydrogen-bond donors (Lipinski definition) is 3. The topological polar surface area (TPSA) is 70.6 Å². The second-order valence-corrected chi connectivity index (χ2v) is 7.37. The largest absolute Gasteiger partial charge is 0.409 e. The lowest BCUT2D eigenvalue weighted by Crippen LogP contribution is -2.34. The van der Waals surface area contributed by atoms with Gasteiger partial charge in [0.25, 0.3) is 0 Å². The predicted molar refractivity (Wildman–Crippen MR) is 85.1 cm³/mol. The van der Waals surface area contributed by atoms with Crippen molar-refractivity contribution in [2.24, 2.45) is 21.7 Å². The monoisotopic (exact) mass is 283 g/mol. The number of rotatable bonds is 8. The lowest BCUT2D eigenvalue weighted by atomic mass is 9.76. The normalized spacial score (nSPS) is 20.1. The van der Waals surface area contributed by atoms with Gasteiger partial charge in [0.15, 0.2) is 0 Å². The van der Waals surface area contributed by atoms with E-state index in [1.807, 2.05) is 13.8 Å². The molecule has 0 aliphatic heterocycles. The molecule has 0 atom stereocenters. The van der Waals surface area contributed by atoms with Gasteiger partial charge in [-0.05, 0) is 37.6 Å². The van der Waals surface area contributed by atoms with Crippen molar-refractivity contribution in [3.8, 4) is 0 Å². The Morgan fingerprint density at radius 2 is 1.90 bits per heavy atom. The molecule has 1 aliphatic carbocycles. The summed E-state index contributed by atoms with van der Waals surface area (Å²) in [5, 5.41) is 15.5. The standard InChI is InChI=1S/C16H33N3O/c1-15(2,14(17)19-20)9-7-8-12-18-13-16(3)10-5-4-6-11-16/h18,20H,4-13H2,1-3H3,(H2,17,19). The van der Waals surface area contributed by atoms with E-state index in [9.17, 15) is 0 Å². The third-order valence-corrected chi connectivity index (χ3v) is 4.82. The Morgan fingerprint density at radius 1 is 1.25 bits per heavy atom. The minimum atomic E-state index is -0.204. The molecule has 0 saturated heterocycles. The van der Waals surface area contributed by atoms with Gasteiger partial charge < -0.3 is 16.3 Å². The molecule has 118 valence electrons. The molecule has 0 heterocycles. The first-order chi connectivity index (χ1) is 9.40. The van der Waals surface area contributed by atoms with Crippen molar-refractivity contribution in [2.45, 2.75) is 72.1 Å². The molecular weight excluding hydrogens is 250 g/mol. The highest BCUT2D eigenvalue weighted by molar-refractivity contribution is 5.85. The third kappa shape index (κ3) is 5.70. The summed E-state index contributed by atoms with van der Waals surface area (Å²) in [6.45, 7) is 8.69. The van der Waals surface area contributed by atoms with Crippen molar-refractivity contribution in [1.29, 1.82) is 0 Å². The van der Waals surface area contributed by atoms with Gasteiger partial charge in [-0.15, -0.1) is 0 Å². The Labute approximate surface area is 124 Å². The van der Waals surface area contributed by atoms with Crippen molar-refractivity contribution >= 4 is 5.84 Å². The van der Waals surface area contributed by atoms with Crippen LogP contribution in [0.2, 0.25) is 0 Å². The summed E-state index contributed by atoms with van der Waals surface area (Å²) in [4.78, 5) is 0. The maximum absolute atomic E-state index is 8.73. The molecule has 4 N–H and O–H groups in total. The first-order valence-corrected chi connectivity index (χ1v) is 8.08. The van der Waals surface area contributed by atoms with Crippen LogP contribution in [0.1, 0.15) is 72.1 Å². The maximum atomic E-state index is 8.73. The maximum Gasteiger partial charge on any atom is 0.144 e. The molecule has 0 aromatic carbocycles. The van der Waals surface area contributed by atoms with Crippen molar-refractivity contribution in [3.05, 3.63) is 0 Å². The van der Waals surface area contributed by atoms with Crippen LogP contribution in [-0.2, 0) is 0 Å². The molecule has 1 rings (SSSR count). The molecule has 4 heteroatoms. The Morgan fingerprint density at radius 3 is 2.50 bits per heavy atom. The molecule has 0 radical (unpaired) electrons. The van der Waals surface area contributed by atoms with Crippen molar-refractivity contribution < 1.29 is 5.21 Å². The number of nitrogens with two attached hydrogens (primary N) is 1. The van der Waals surface area contributed by atoms with Crippen LogP contribution in [0.25, 0.3) is 0 Å². The van der Waals surface area contributed by atoms with Crippen LogP contribution in [-0.4, -0.2) is 24.1 Å². The molecule has 4 nitrogen and oxygen atoms in total. The van der Waals surface area contributed by atoms with E-state index in [-0.39, 0.29) is 5.41 Å². The fourth-order valence-corrected chi connectivity index (χ4v) is 3.05. The zero-order valence-electron chi connectivity index (χ0n) is 13.5. The summed E-state index contributed by atoms with van der Waals surface area (Å²) in [5.74, 6) is 0.333. The van der Waals surface area contributed by atoms with Crippen LogP contribution in [0, 0.1) is 10.8 Å². The second kappa shape index (κ2) is 7.87. The molecule has 1 saturated carbocycles. The first-order valence-electron chi connectivity index (χ1n) is 8.08. The van der Waals surface area contributed by atoms with E-state index in [0.717, 1.165) is 32.4 Å². The highest BCUT2D eigenvalue weighted by atomic mass is 16.4. The highest BCUT2D eigenvalue weighted by Gasteiger charge is 2.26. The molecule has 1 aliphatic rings. The molecule has 0 unspecified atom stereocenters. The van der Waals surface area contributed by atoms with Gasteiger partial charge in [0.2, 0.25) is 0 Å². The summed E-state index contributed by atoms with van der Waals surface area (Å²) >= 11 is 0. The van der Waals surface area contributed by atoms with Gasteiger partial charge >= 0.3 is 0 Å². The summed E-state index contributed by atoms with van der Waals surface area (Å²) in [5.41, 5.74) is 6.01. The molecule has 0 aromatic rings. The van der Waals surface area contributed by atoms with Crippen LogP contribution >= 0.6 is 0 Å². The average Bonchev–Trinajstić information content (AvgIpc) is 2.42. The molecular formula is C16H33N3O. The molecule has 1 fully saturated rings. The SMILES string of the molecule is CC1(CNCCCCC(C)(C)C(N)=NO)CCCCC1. The zero-order chi connectivity index (χ0) is 15.1. The van der Waals surface area contributed by atoms with E-state index in [1.165, 1.54) is 32.1 Å². The molecule has 0 bridgehead atoms. The van der Waals surface area contributed by atoms with E-state index < -0.39 is 0 Å². The van der Waals surface area contributed by atoms with E-state index in [1.54, 1.807) is 0 Å². The smallest absolute Gasteiger partial charge is 0.144 e. The number of oxime groups is 1. The minimum absolute atomic E-state index is 0.204. The van der Waals surface area contributed by atoms with Gasteiger partial charge in [0, 0.05) is 12.0 Å². The highest BCUT2D eigenvalue weighted by Crippen LogP contribution is 2.34. The Kier molecular flexibility index (Phi) is 6.80. The number of nitrogens with one attached hydrogen (secondary N) is 1. The molecule has 0 amide bonds. The Bertz CT molecular complexity index is 307. The fraction of sp³-hybridized carbons (Fsp3) is 0.938. The summed E-state index contributed by atoms with van der Waals surface area (Å²) in [7, 11) is 0. The average molecular weight is 283 g/mol. The van der Waals surface area contributed by atoms with Crippen LogP contribution in [0.5, 0.6) is 0 Å². The number of hydrogen-bond acceptors (Lipinski definition) is 3. The molecule has 20 heavy (non-hydrogen) atoms. The summed E-state index contributed by atoms with van der Waals surface area (Å²) in [6.07, 6.45) is 10.2. The van der Waals surface area contributed by atoms with Crippen molar-refractivity contribution in [1.82, 2.24) is 5.32 Å². The van der Waals surface area contributed by atoms with Crippen LogP contribution < -0.4 is 11.1 Å². The number of unbranched alkanes of at least 4 members (excludes halogenated alkanes) is 1. The van der Waals surface area contributed by atoms with E-state index in [4.69, 9.17) is 10.9 Å². The van der Waals surface area contributed by atoms with Gasteiger partial charge in [-0.1, -0.05) is 51.6 Å². The van der Waals surface area contributed by atoms with Gasteiger partial charge in [0.1, 0.15) is 5.84 Å². The minimum Gasteiger partial charge on any atom is -0.409 e. The Balaban J connectivity index is 2.10. The van der Waals surface area contributed by atoms with Gasteiger partial charge in [0.05, 0.1) is 0 Å². The second-order valence-electron chi connectivity index (χ2n) is 7.37.